The van der Waals surface area contributed by atoms with Crippen molar-refractivity contribution >= 4 is 10.0 Å². The summed E-state index contributed by atoms with van der Waals surface area (Å²) in [6.07, 6.45) is 6.97. The van der Waals surface area contributed by atoms with Crippen molar-refractivity contribution in [2.45, 2.75) is 17.7 Å². The monoisotopic (exact) mass is 285 g/mol. The van der Waals surface area contributed by atoms with E-state index in [9.17, 15) is 18.0 Å². The predicted octanol–water partition coefficient (Wildman–Crippen LogP) is -1.22. The maximum absolute atomic E-state index is 11.9. The summed E-state index contributed by atoms with van der Waals surface area (Å²) in [6, 6.07) is 0. The third kappa shape index (κ3) is 3.33. The summed E-state index contributed by atoms with van der Waals surface area (Å²) in [4.78, 5) is 22.8. The second-order valence-corrected chi connectivity index (χ2v) is 5.69. The lowest BCUT2D eigenvalue weighted by molar-refractivity contribution is 0.569. The normalized spacial score (nSPS) is 11.2. The van der Waals surface area contributed by atoms with Crippen molar-refractivity contribution in [1.29, 1.82) is 0 Å². The molecule has 0 unspecified atom stereocenters. The van der Waals surface area contributed by atoms with Crippen molar-refractivity contribution in [2.24, 2.45) is 14.1 Å². The van der Waals surface area contributed by atoms with Crippen molar-refractivity contribution < 1.29 is 8.42 Å². The lowest BCUT2D eigenvalue weighted by atomic mass is 10.3. The predicted molar refractivity (Wildman–Crippen MR) is 70.2 cm³/mol. The van der Waals surface area contributed by atoms with E-state index in [1.54, 1.807) is 0 Å². The highest BCUT2D eigenvalue weighted by molar-refractivity contribution is 7.89. The van der Waals surface area contributed by atoms with E-state index in [1.165, 1.54) is 14.1 Å². The Morgan fingerprint density at radius 1 is 1.37 bits per heavy atom. The first kappa shape index (κ1) is 15.2. The number of terminal acetylenes is 1. The van der Waals surface area contributed by atoms with Crippen LogP contribution in [0.25, 0.3) is 0 Å². The van der Waals surface area contributed by atoms with Crippen LogP contribution in [0.5, 0.6) is 0 Å². The largest absolute Gasteiger partial charge is 0.330 e. The highest BCUT2D eigenvalue weighted by Gasteiger charge is 2.20. The van der Waals surface area contributed by atoms with Gasteiger partial charge in [0.1, 0.15) is 0 Å². The first-order valence-electron chi connectivity index (χ1n) is 5.51. The fourth-order valence-electron chi connectivity index (χ4n) is 1.43. The van der Waals surface area contributed by atoms with Crippen LogP contribution in [0.4, 0.5) is 0 Å². The van der Waals surface area contributed by atoms with E-state index in [1.807, 2.05) is 0 Å². The number of aromatic nitrogens is 2. The quantitative estimate of drug-likeness (QED) is 0.542. The minimum absolute atomic E-state index is 0.137. The molecular formula is C11H15N3O4S. The number of sulfonamides is 1. The molecule has 1 aromatic rings. The molecule has 0 saturated heterocycles. The van der Waals surface area contributed by atoms with Crippen LogP contribution in [0.3, 0.4) is 0 Å². The maximum Gasteiger partial charge on any atom is 0.330 e. The zero-order valence-corrected chi connectivity index (χ0v) is 11.5. The summed E-state index contributed by atoms with van der Waals surface area (Å²) in [5, 5.41) is 0. The Labute approximate surface area is 110 Å². The van der Waals surface area contributed by atoms with Crippen molar-refractivity contribution in [2.75, 3.05) is 6.54 Å². The van der Waals surface area contributed by atoms with Gasteiger partial charge >= 0.3 is 5.69 Å². The highest BCUT2D eigenvalue weighted by Crippen LogP contribution is 2.00. The average molecular weight is 285 g/mol. The molecule has 0 aliphatic heterocycles. The number of aryl methyl sites for hydroxylation is 1. The van der Waals surface area contributed by atoms with Crippen LogP contribution in [-0.4, -0.2) is 24.1 Å². The smallest absolute Gasteiger partial charge is 0.302 e. The topological polar surface area (TPSA) is 90.2 Å². The molecule has 0 amide bonds. The van der Waals surface area contributed by atoms with Gasteiger partial charge < -0.3 is 4.57 Å². The molecule has 104 valence electrons. The summed E-state index contributed by atoms with van der Waals surface area (Å²) in [5.74, 6) is 2.38. The molecule has 19 heavy (non-hydrogen) atoms. The number of rotatable bonds is 5. The first-order valence-corrected chi connectivity index (χ1v) is 6.99. The molecule has 8 heteroatoms. The van der Waals surface area contributed by atoms with E-state index >= 15 is 0 Å². The highest BCUT2D eigenvalue weighted by atomic mass is 32.2. The molecular weight excluding hydrogens is 270 g/mol. The molecule has 1 heterocycles. The first-order chi connectivity index (χ1) is 8.81. The van der Waals surface area contributed by atoms with Gasteiger partial charge in [-0.25, -0.2) is 17.9 Å². The Kier molecular flexibility index (Phi) is 4.69. The zero-order valence-electron chi connectivity index (χ0n) is 10.7. The molecule has 1 rings (SSSR count). The van der Waals surface area contributed by atoms with Gasteiger partial charge in [0, 0.05) is 33.3 Å². The third-order valence-corrected chi connectivity index (χ3v) is 3.94. The Hall–Kier alpha value is -1.85. The zero-order chi connectivity index (χ0) is 14.6. The summed E-state index contributed by atoms with van der Waals surface area (Å²) in [5.41, 5.74) is -1.44. The molecule has 0 aromatic carbocycles. The van der Waals surface area contributed by atoms with E-state index in [4.69, 9.17) is 6.42 Å². The van der Waals surface area contributed by atoms with Gasteiger partial charge in [-0.1, -0.05) is 0 Å². The SMILES string of the molecule is C#CCCCNS(=O)(=O)c1cn(C)c(=O)n(C)c1=O. The standard InChI is InChI=1S/C11H15N3O4S/c1-4-5-6-7-12-19(17,18)9-8-13(2)11(16)14(3)10(9)15/h1,8,12H,5-7H2,2-3H3. The molecule has 0 saturated carbocycles. The number of hydrogen-bond donors (Lipinski definition) is 1. The number of nitrogens with zero attached hydrogens (tertiary/aromatic N) is 2. The number of hydrogen-bond acceptors (Lipinski definition) is 4. The van der Waals surface area contributed by atoms with Crippen LogP contribution >= 0.6 is 0 Å². The van der Waals surface area contributed by atoms with Gasteiger partial charge in [0.15, 0.2) is 4.90 Å². The molecule has 0 aliphatic rings. The Bertz CT molecular complexity index is 722. The number of unbranched alkanes of at least 4 members (excludes halogenated alkanes) is 1. The van der Waals surface area contributed by atoms with Gasteiger partial charge in [-0.05, 0) is 6.42 Å². The Morgan fingerprint density at radius 3 is 2.58 bits per heavy atom. The molecule has 1 N–H and O–H groups in total. The van der Waals surface area contributed by atoms with E-state index < -0.39 is 26.2 Å². The van der Waals surface area contributed by atoms with E-state index in [0.717, 1.165) is 15.3 Å². The van der Waals surface area contributed by atoms with E-state index in [2.05, 4.69) is 10.6 Å². The van der Waals surface area contributed by atoms with Crippen molar-refractivity contribution in [3.8, 4) is 12.3 Å². The van der Waals surface area contributed by atoms with Crippen molar-refractivity contribution in [1.82, 2.24) is 13.9 Å². The Morgan fingerprint density at radius 2 is 2.00 bits per heavy atom. The van der Waals surface area contributed by atoms with Crippen LogP contribution in [-0.2, 0) is 24.1 Å². The summed E-state index contributed by atoms with van der Waals surface area (Å²) in [6.45, 7) is 0.137. The fourth-order valence-corrected chi connectivity index (χ4v) is 2.67. The molecule has 1 aromatic heterocycles. The summed E-state index contributed by atoms with van der Waals surface area (Å²) < 4.78 is 27.9. The van der Waals surface area contributed by atoms with Gasteiger partial charge in [-0.2, -0.15) is 0 Å². The second kappa shape index (κ2) is 5.86. The lowest BCUT2D eigenvalue weighted by Crippen LogP contribution is -2.41. The molecule has 0 bridgehead atoms. The van der Waals surface area contributed by atoms with Gasteiger partial charge in [0.2, 0.25) is 10.0 Å². The molecule has 0 spiro atoms. The number of nitrogens with one attached hydrogen (secondary N) is 1. The average Bonchev–Trinajstić information content (AvgIpc) is 2.36. The van der Waals surface area contributed by atoms with Crippen molar-refractivity contribution in [3.63, 3.8) is 0 Å². The van der Waals surface area contributed by atoms with Crippen LogP contribution in [0, 0.1) is 12.3 Å². The minimum atomic E-state index is -3.94. The summed E-state index contributed by atoms with van der Waals surface area (Å²) in [7, 11) is -1.35. The van der Waals surface area contributed by atoms with Crippen LogP contribution in [0.15, 0.2) is 20.7 Å². The van der Waals surface area contributed by atoms with E-state index in [-0.39, 0.29) is 6.54 Å². The maximum atomic E-state index is 11.9. The van der Waals surface area contributed by atoms with E-state index in [0.29, 0.717) is 12.8 Å². The molecule has 0 radical (unpaired) electrons. The van der Waals surface area contributed by atoms with Crippen LogP contribution in [0.2, 0.25) is 0 Å². The second-order valence-electron chi connectivity index (χ2n) is 3.96. The minimum Gasteiger partial charge on any atom is -0.302 e. The van der Waals surface area contributed by atoms with Crippen LogP contribution < -0.4 is 16.0 Å². The van der Waals surface area contributed by atoms with Gasteiger partial charge in [0.25, 0.3) is 5.56 Å². The molecule has 0 atom stereocenters. The van der Waals surface area contributed by atoms with Gasteiger partial charge in [0.05, 0.1) is 0 Å². The summed E-state index contributed by atoms with van der Waals surface area (Å²) >= 11 is 0. The van der Waals surface area contributed by atoms with Crippen molar-refractivity contribution in [3.05, 3.63) is 27.0 Å². The Balaban J connectivity index is 3.14. The molecule has 0 fully saturated rings. The fraction of sp³-hybridized carbons (Fsp3) is 0.455. The lowest BCUT2D eigenvalue weighted by Gasteiger charge is -2.08. The van der Waals surface area contributed by atoms with Crippen LogP contribution in [0.1, 0.15) is 12.8 Å². The molecule has 0 aliphatic carbocycles. The van der Waals surface area contributed by atoms with Gasteiger partial charge in [-0.15, -0.1) is 12.3 Å². The third-order valence-electron chi connectivity index (χ3n) is 2.49. The van der Waals surface area contributed by atoms with Gasteiger partial charge in [-0.3, -0.25) is 9.36 Å². The molecule has 7 nitrogen and oxygen atoms in total.